The molecule has 0 aliphatic carbocycles. The Kier molecular flexibility index (Phi) is 4.37. The van der Waals surface area contributed by atoms with E-state index in [2.05, 4.69) is 5.32 Å². The number of carboxylic acids is 1. The van der Waals surface area contributed by atoms with Gasteiger partial charge in [0.1, 0.15) is 5.54 Å². The van der Waals surface area contributed by atoms with Crippen molar-refractivity contribution in [2.75, 3.05) is 18.5 Å². The molecule has 1 aliphatic heterocycles. The van der Waals surface area contributed by atoms with Crippen LogP contribution in [0.3, 0.4) is 0 Å². The minimum Gasteiger partial charge on any atom is -0.480 e. The fourth-order valence-electron chi connectivity index (χ4n) is 2.56. The first-order valence-electron chi connectivity index (χ1n) is 6.48. The quantitative estimate of drug-likeness (QED) is 0.582. The van der Waals surface area contributed by atoms with Crippen molar-refractivity contribution in [2.45, 2.75) is 36.1 Å². The van der Waals surface area contributed by atoms with Gasteiger partial charge in [0.25, 0.3) is 0 Å². The zero-order valence-electron chi connectivity index (χ0n) is 11.1. The molecule has 0 amide bonds. The summed E-state index contributed by atoms with van der Waals surface area (Å²) in [5.74, 6) is -0.777. The number of piperidine rings is 1. The molecule has 1 aliphatic rings. The van der Waals surface area contributed by atoms with E-state index < -0.39 is 11.5 Å². The van der Waals surface area contributed by atoms with E-state index in [9.17, 15) is 9.90 Å². The Bertz CT molecular complexity index is 471. The molecule has 1 saturated heterocycles. The van der Waals surface area contributed by atoms with Crippen LogP contribution in [0.2, 0.25) is 0 Å². The summed E-state index contributed by atoms with van der Waals surface area (Å²) in [5.41, 5.74) is 6.78. The number of anilines is 1. The third-order valence-electron chi connectivity index (χ3n) is 3.75. The molecule has 1 heterocycles. The fraction of sp³-hybridized carbons (Fsp3) is 0.500. The third kappa shape index (κ3) is 3.04. The van der Waals surface area contributed by atoms with Crippen LogP contribution in [0.1, 0.15) is 24.8 Å². The van der Waals surface area contributed by atoms with Crippen molar-refractivity contribution in [1.82, 2.24) is 5.32 Å². The van der Waals surface area contributed by atoms with Crippen molar-refractivity contribution in [3.8, 4) is 0 Å². The molecule has 0 unspecified atom stereocenters. The van der Waals surface area contributed by atoms with Gasteiger partial charge in [0.15, 0.2) is 0 Å². The Morgan fingerprint density at radius 1 is 1.53 bits per heavy atom. The lowest BCUT2D eigenvalue weighted by molar-refractivity contribution is -0.146. The Labute approximate surface area is 117 Å². The van der Waals surface area contributed by atoms with E-state index in [1.165, 1.54) is 0 Å². The van der Waals surface area contributed by atoms with E-state index >= 15 is 0 Å². The van der Waals surface area contributed by atoms with E-state index in [1.54, 1.807) is 11.8 Å². The molecule has 1 aromatic rings. The average molecular weight is 280 g/mol. The van der Waals surface area contributed by atoms with Gasteiger partial charge in [-0.25, -0.2) is 0 Å². The van der Waals surface area contributed by atoms with Gasteiger partial charge in [-0.1, -0.05) is 6.07 Å². The summed E-state index contributed by atoms with van der Waals surface area (Å²) in [5, 5.41) is 12.7. The molecule has 1 aromatic carbocycles. The predicted molar refractivity (Wildman–Crippen MR) is 78.6 cm³/mol. The summed E-state index contributed by atoms with van der Waals surface area (Å²) in [4.78, 5) is 12.7. The Morgan fingerprint density at radius 2 is 2.32 bits per heavy atom. The highest BCUT2D eigenvalue weighted by atomic mass is 32.2. The Hall–Kier alpha value is -1.20. The number of carboxylic acid groups (broad SMARTS) is 1. The second kappa shape index (κ2) is 5.84. The number of rotatable bonds is 4. The highest BCUT2D eigenvalue weighted by Crippen LogP contribution is 2.28. The van der Waals surface area contributed by atoms with Gasteiger partial charge < -0.3 is 16.2 Å². The molecule has 1 fully saturated rings. The van der Waals surface area contributed by atoms with E-state index in [0.29, 0.717) is 18.5 Å². The van der Waals surface area contributed by atoms with Crippen LogP contribution >= 0.6 is 11.8 Å². The van der Waals surface area contributed by atoms with Crippen molar-refractivity contribution in [1.29, 1.82) is 0 Å². The zero-order chi connectivity index (χ0) is 13.9. The molecule has 5 heteroatoms. The standard InChI is InChI=1S/C14H20N2O2S/c1-19-11-5-4-10(12(15)8-11)9-14(13(17)18)6-2-3-7-16-14/h4-5,8,16H,2-3,6-7,9,15H2,1H3,(H,17,18)/t14-/m0/s1. The van der Waals surface area contributed by atoms with Gasteiger partial charge in [-0.15, -0.1) is 11.8 Å². The normalized spacial score (nSPS) is 23.2. The van der Waals surface area contributed by atoms with Crippen LogP contribution in [0, 0.1) is 0 Å². The second-order valence-corrected chi connectivity index (χ2v) is 5.89. The Balaban J connectivity index is 2.24. The molecule has 4 N–H and O–H groups in total. The minimum atomic E-state index is -0.854. The monoisotopic (exact) mass is 280 g/mol. The lowest BCUT2D eigenvalue weighted by atomic mass is 9.83. The average Bonchev–Trinajstić information content (AvgIpc) is 2.42. The number of nitrogens with one attached hydrogen (secondary N) is 1. The lowest BCUT2D eigenvalue weighted by Crippen LogP contribution is -2.56. The zero-order valence-corrected chi connectivity index (χ0v) is 11.9. The van der Waals surface area contributed by atoms with Crippen LogP contribution < -0.4 is 11.1 Å². The molecule has 0 bridgehead atoms. The van der Waals surface area contributed by atoms with Crippen molar-refractivity contribution < 1.29 is 9.90 Å². The predicted octanol–water partition coefficient (Wildman–Crippen LogP) is 2.13. The first-order chi connectivity index (χ1) is 9.07. The van der Waals surface area contributed by atoms with Gasteiger partial charge in [0.05, 0.1) is 0 Å². The van der Waals surface area contributed by atoms with E-state index in [1.807, 2.05) is 24.5 Å². The summed E-state index contributed by atoms with van der Waals surface area (Å²) in [7, 11) is 0. The molecule has 0 radical (unpaired) electrons. The SMILES string of the molecule is CSc1ccc(C[C@]2(C(=O)O)CCCCN2)c(N)c1. The van der Waals surface area contributed by atoms with Crippen LogP contribution in [-0.2, 0) is 11.2 Å². The van der Waals surface area contributed by atoms with Gasteiger partial charge in [-0.05, 0) is 49.8 Å². The maximum absolute atomic E-state index is 11.6. The highest BCUT2D eigenvalue weighted by Gasteiger charge is 2.39. The molecule has 19 heavy (non-hydrogen) atoms. The van der Waals surface area contributed by atoms with Crippen molar-refractivity contribution in [3.63, 3.8) is 0 Å². The van der Waals surface area contributed by atoms with Crippen LogP contribution in [0.4, 0.5) is 5.69 Å². The van der Waals surface area contributed by atoms with Crippen molar-refractivity contribution in [3.05, 3.63) is 23.8 Å². The summed E-state index contributed by atoms with van der Waals surface area (Å²) in [6.45, 7) is 0.759. The minimum absolute atomic E-state index is 0.447. The maximum atomic E-state index is 11.6. The number of nitrogens with two attached hydrogens (primary N) is 1. The van der Waals surface area contributed by atoms with Gasteiger partial charge >= 0.3 is 5.97 Å². The van der Waals surface area contributed by atoms with Crippen LogP contribution in [0.15, 0.2) is 23.1 Å². The lowest BCUT2D eigenvalue weighted by Gasteiger charge is -2.35. The van der Waals surface area contributed by atoms with Crippen LogP contribution in [-0.4, -0.2) is 29.4 Å². The molecule has 1 atom stereocenters. The molecular weight excluding hydrogens is 260 g/mol. The van der Waals surface area contributed by atoms with Crippen LogP contribution in [0.25, 0.3) is 0 Å². The Morgan fingerprint density at radius 3 is 2.84 bits per heavy atom. The number of carbonyl (C=O) groups is 1. The van der Waals surface area contributed by atoms with E-state index in [4.69, 9.17) is 5.73 Å². The van der Waals surface area contributed by atoms with Gasteiger partial charge in [0, 0.05) is 17.0 Å². The van der Waals surface area contributed by atoms with E-state index in [-0.39, 0.29) is 0 Å². The first-order valence-corrected chi connectivity index (χ1v) is 7.71. The third-order valence-corrected chi connectivity index (χ3v) is 4.47. The summed E-state index contributed by atoms with van der Waals surface area (Å²) < 4.78 is 0. The molecule has 0 aromatic heterocycles. The van der Waals surface area contributed by atoms with Gasteiger partial charge in [0.2, 0.25) is 0 Å². The van der Waals surface area contributed by atoms with Gasteiger partial charge in [-0.2, -0.15) is 0 Å². The maximum Gasteiger partial charge on any atom is 0.324 e. The number of benzene rings is 1. The molecule has 2 rings (SSSR count). The molecule has 0 spiro atoms. The number of aliphatic carboxylic acids is 1. The number of hydrogen-bond acceptors (Lipinski definition) is 4. The summed E-state index contributed by atoms with van der Waals surface area (Å²) in [6.07, 6.45) is 5.09. The molecule has 4 nitrogen and oxygen atoms in total. The summed E-state index contributed by atoms with van der Waals surface area (Å²) >= 11 is 1.63. The molecule has 104 valence electrons. The second-order valence-electron chi connectivity index (χ2n) is 5.01. The van der Waals surface area contributed by atoms with Crippen LogP contribution in [0.5, 0.6) is 0 Å². The van der Waals surface area contributed by atoms with E-state index in [0.717, 1.165) is 29.8 Å². The fourth-order valence-corrected chi connectivity index (χ4v) is 3.01. The topological polar surface area (TPSA) is 75.3 Å². The van der Waals surface area contributed by atoms with Crippen molar-refractivity contribution >= 4 is 23.4 Å². The molecular formula is C14H20N2O2S. The summed E-state index contributed by atoms with van der Waals surface area (Å²) in [6, 6.07) is 5.86. The van der Waals surface area contributed by atoms with Gasteiger partial charge in [-0.3, -0.25) is 4.79 Å². The number of nitrogen functional groups attached to an aromatic ring is 1. The largest absolute Gasteiger partial charge is 0.480 e. The van der Waals surface area contributed by atoms with Crippen molar-refractivity contribution in [2.24, 2.45) is 0 Å². The first kappa shape index (κ1) is 14.2. The highest BCUT2D eigenvalue weighted by molar-refractivity contribution is 7.98. The molecule has 0 saturated carbocycles. The number of hydrogen-bond donors (Lipinski definition) is 3. The smallest absolute Gasteiger partial charge is 0.324 e. The number of thioether (sulfide) groups is 1.